The predicted molar refractivity (Wildman–Crippen MR) is 122 cm³/mol. The van der Waals surface area contributed by atoms with Gasteiger partial charge in [0.25, 0.3) is 0 Å². The zero-order valence-corrected chi connectivity index (χ0v) is 18.7. The van der Waals surface area contributed by atoms with Gasteiger partial charge in [-0.3, -0.25) is 4.90 Å². The molecular weight excluding hydrogens is 418 g/mol. The van der Waals surface area contributed by atoms with Gasteiger partial charge in [-0.2, -0.15) is 0 Å². The van der Waals surface area contributed by atoms with Crippen LogP contribution in [0.15, 0.2) is 30.3 Å². The van der Waals surface area contributed by atoms with Crippen molar-refractivity contribution in [2.75, 3.05) is 27.9 Å². The number of hydrogen-bond donors (Lipinski definition) is 0. The number of benzene rings is 3. The molecule has 2 heterocycles. The van der Waals surface area contributed by atoms with Crippen LogP contribution >= 0.6 is 12.4 Å². The summed E-state index contributed by atoms with van der Waals surface area (Å²) in [6, 6.07) is 10.5. The van der Waals surface area contributed by atoms with E-state index in [1.807, 2.05) is 18.2 Å². The fourth-order valence-electron chi connectivity index (χ4n) is 5.07. The predicted octanol–water partition coefficient (Wildman–Crippen LogP) is 5.10. The molecule has 0 saturated carbocycles. The summed E-state index contributed by atoms with van der Waals surface area (Å²) in [6.45, 7) is 2.10. The number of nitrogens with zero attached hydrogens (tertiary/aromatic N) is 1. The summed E-state index contributed by atoms with van der Waals surface area (Å²) in [4.78, 5) is 14.2. The molecule has 1 fully saturated rings. The van der Waals surface area contributed by atoms with Crippen LogP contribution in [0.1, 0.15) is 24.0 Å². The number of methoxy groups -OCH3 is 3. The number of carbonyl (C=O) groups excluding carboxylic acids is 1. The minimum atomic E-state index is -0.725. The van der Waals surface area contributed by atoms with Gasteiger partial charge in [0.15, 0.2) is 11.5 Å². The van der Waals surface area contributed by atoms with Crippen molar-refractivity contribution >= 4 is 40.1 Å². The Morgan fingerprint density at radius 2 is 1.65 bits per heavy atom. The first-order chi connectivity index (χ1) is 14.6. The van der Waals surface area contributed by atoms with Gasteiger partial charge in [0, 0.05) is 12.6 Å². The van der Waals surface area contributed by atoms with Crippen LogP contribution in [-0.2, 0) is 17.7 Å². The second-order valence-electron chi connectivity index (χ2n) is 7.94. The molecule has 7 heteroatoms. The normalized spacial score (nSPS) is 17.6. The maximum Gasteiger partial charge on any atom is 0.513 e. The second-order valence-corrected chi connectivity index (χ2v) is 7.94. The average Bonchev–Trinajstić information content (AvgIpc) is 3.24. The molecule has 6 nitrogen and oxygen atoms in total. The van der Waals surface area contributed by atoms with Crippen molar-refractivity contribution in [1.29, 1.82) is 0 Å². The van der Waals surface area contributed by atoms with Gasteiger partial charge in [-0.1, -0.05) is 6.07 Å². The highest BCUT2D eigenvalue weighted by atomic mass is 35.5. The zero-order valence-electron chi connectivity index (χ0n) is 17.9. The first kappa shape index (κ1) is 21.5. The Bertz CT molecular complexity index is 1160. The van der Waals surface area contributed by atoms with Gasteiger partial charge >= 0.3 is 6.16 Å². The number of ether oxygens (including phenoxy) is 4. The van der Waals surface area contributed by atoms with Crippen LogP contribution in [-0.4, -0.2) is 45.0 Å². The Labute approximate surface area is 187 Å². The average molecular weight is 444 g/mol. The maximum absolute atomic E-state index is 11.6. The lowest BCUT2D eigenvalue weighted by molar-refractivity contribution is 0.121. The number of halogens is 1. The molecule has 3 aromatic rings. The van der Waals surface area contributed by atoms with Crippen molar-refractivity contribution in [3.63, 3.8) is 0 Å². The van der Waals surface area contributed by atoms with Crippen molar-refractivity contribution in [2.45, 2.75) is 31.8 Å². The summed E-state index contributed by atoms with van der Waals surface area (Å²) in [7, 11) is 4.61. The third kappa shape index (κ3) is 3.54. The number of fused-ring (bicyclic) bond motifs is 7. The van der Waals surface area contributed by atoms with Crippen molar-refractivity contribution in [1.82, 2.24) is 4.90 Å². The third-order valence-electron chi connectivity index (χ3n) is 6.49. The molecule has 31 heavy (non-hydrogen) atoms. The SMILES string of the molecule is COC(=O)Oc1ccc2c3c(c4cc(OC)c(OC)cc4c2c1)CN1CCC[C@H]1C3.Cl. The highest BCUT2D eigenvalue weighted by molar-refractivity contribution is 6.12. The van der Waals surface area contributed by atoms with E-state index >= 15 is 0 Å². The molecule has 0 N–H and O–H groups in total. The summed E-state index contributed by atoms with van der Waals surface area (Å²) in [5, 5.41) is 4.47. The van der Waals surface area contributed by atoms with Crippen molar-refractivity contribution < 1.29 is 23.7 Å². The Morgan fingerprint density at radius 3 is 2.35 bits per heavy atom. The first-order valence-electron chi connectivity index (χ1n) is 10.3. The number of rotatable bonds is 3. The van der Waals surface area contributed by atoms with Gasteiger partial charge in [-0.05, 0) is 82.7 Å². The highest BCUT2D eigenvalue weighted by Crippen LogP contribution is 2.44. The molecule has 5 rings (SSSR count). The molecule has 0 unspecified atom stereocenters. The minimum absolute atomic E-state index is 0. The third-order valence-corrected chi connectivity index (χ3v) is 6.49. The second kappa shape index (κ2) is 8.44. The van der Waals surface area contributed by atoms with E-state index in [4.69, 9.17) is 14.2 Å². The standard InChI is InChI=1S/C24H25NO5.ClH/c1-27-22-11-19-18-10-15(30-24(26)29-3)6-7-16(18)17-9-14-5-4-8-25(14)13-21(17)20(19)12-23(22)28-2;/h6-7,10-12,14H,4-5,8-9,13H2,1-3H3;1H/t14-;/m0./s1. The molecule has 0 aliphatic carbocycles. The van der Waals surface area contributed by atoms with E-state index in [9.17, 15) is 4.79 Å². The fraction of sp³-hybridized carbons (Fsp3) is 0.375. The van der Waals surface area contributed by atoms with E-state index in [0.717, 1.165) is 41.4 Å². The first-order valence-corrected chi connectivity index (χ1v) is 10.3. The Hall–Kier alpha value is -2.70. The summed E-state index contributed by atoms with van der Waals surface area (Å²) in [5.74, 6) is 1.86. The van der Waals surface area contributed by atoms with Crippen LogP contribution in [0.5, 0.6) is 17.2 Å². The minimum Gasteiger partial charge on any atom is -0.493 e. The molecule has 0 spiro atoms. The van der Waals surface area contributed by atoms with Gasteiger partial charge in [0.1, 0.15) is 5.75 Å². The molecule has 0 amide bonds. The van der Waals surface area contributed by atoms with Crippen LogP contribution in [0, 0.1) is 0 Å². The Kier molecular flexibility index (Phi) is 5.86. The lowest BCUT2D eigenvalue weighted by Crippen LogP contribution is -2.35. The molecule has 2 aliphatic heterocycles. The number of carbonyl (C=O) groups is 1. The molecule has 0 aromatic heterocycles. The lowest BCUT2D eigenvalue weighted by atomic mass is 9.85. The van der Waals surface area contributed by atoms with Crippen LogP contribution < -0.4 is 14.2 Å². The van der Waals surface area contributed by atoms with Crippen LogP contribution in [0.2, 0.25) is 0 Å². The molecular formula is C24H26ClNO5. The number of hydrogen-bond acceptors (Lipinski definition) is 6. The lowest BCUT2D eigenvalue weighted by Gasteiger charge is -2.33. The van der Waals surface area contributed by atoms with E-state index in [0.29, 0.717) is 17.5 Å². The summed E-state index contributed by atoms with van der Waals surface area (Å²) in [6.07, 6.45) is 2.81. The van der Waals surface area contributed by atoms with Crippen LogP contribution in [0.3, 0.4) is 0 Å². The van der Waals surface area contributed by atoms with Gasteiger partial charge in [0.2, 0.25) is 0 Å². The molecule has 1 atom stereocenters. The molecule has 0 bridgehead atoms. The van der Waals surface area contributed by atoms with Gasteiger partial charge in [-0.15, -0.1) is 12.4 Å². The Balaban J connectivity index is 0.00000231. The van der Waals surface area contributed by atoms with Crippen LogP contribution in [0.25, 0.3) is 21.5 Å². The smallest absolute Gasteiger partial charge is 0.493 e. The fourth-order valence-corrected chi connectivity index (χ4v) is 5.07. The van der Waals surface area contributed by atoms with Crippen molar-refractivity contribution in [2.24, 2.45) is 0 Å². The Morgan fingerprint density at radius 1 is 0.935 bits per heavy atom. The van der Waals surface area contributed by atoms with Gasteiger partial charge in [0.05, 0.1) is 21.3 Å². The van der Waals surface area contributed by atoms with E-state index < -0.39 is 6.16 Å². The quantitative estimate of drug-likeness (QED) is 0.319. The zero-order chi connectivity index (χ0) is 20.8. The van der Waals surface area contributed by atoms with E-state index in [1.165, 1.54) is 36.5 Å². The van der Waals surface area contributed by atoms with E-state index in [-0.39, 0.29) is 12.4 Å². The molecule has 2 aliphatic rings. The topological polar surface area (TPSA) is 57.2 Å². The monoisotopic (exact) mass is 443 g/mol. The molecule has 3 aromatic carbocycles. The van der Waals surface area contributed by atoms with Gasteiger partial charge in [-0.25, -0.2) is 4.79 Å². The van der Waals surface area contributed by atoms with Crippen molar-refractivity contribution in [3.8, 4) is 17.2 Å². The largest absolute Gasteiger partial charge is 0.513 e. The van der Waals surface area contributed by atoms with Gasteiger partial charge < -0.3 is 18.9 Å². The molecule has 1 saturated heterocycles. The summed E-state index contributed by atoms with van der Waals surface area (Å²) >= 11 is 0. The summed E-state index contributed by atoms with van der Waals surface area (Å²) < 4.78 is 21.1. The van der Waals surface area contributed by atoms with Crippen molar-refractivity contribution in [3.05, 3.63) is 41.5 Å². The van der Waals surface area contributed by atoms with Crippen LogP contribution in [0.4, 0.5) is 4.79 Å². The highest BCUT2D eigenvalue weighted by Gasteiger charge is 2.32. The molecule has 164 valence electrons. The molecule has 0 radical (unpaired) electrons. The van der Waals surface area contributed by atoms with E-state index in [1.54, 1.807) is 14.2 Å². The summed E-state index contributed by atoms with van der Waals surface area (Å²) in [5.41, 5.74) is 2.75. The van der Waals surface area contributed by atoms with E-state index in [2.05, 4.69) is 21.8 Å². The maximum atomic E-state index is 11.6.